The van der Waals surface area contributed by atoms with Crippen molar-refractivity contribution in [3.63, 3.8) is 0 Å². The van der Waals surface area contributed by atoms with Gasteiger partial charge in [-0.2, -0.15) is 0 Å². The molecule has 0 saturated heterocycles. The third kappa shape index (κ3) is 6.57. The van der Waals surface area contributed by atoms with Crippen molar-refractivity contribution in [1.29, 1.82) is 0 Å². The van der Waals surface area contributed by atoms with Crippen LogP contribution in [0.15, 0.2) is 24.3 Å². The highest BCUT2D eigenvalue weighted by Gasteiger charge is 2.30. The molecule has 6 heteroatoms. The lowest BCUT2D eigenvalue weighted by atomic mass is 9.95. The van der Waals surface area contributed by atoms with Gasteiger partial charge in [0, 0.05) is 0 Å². The van der Waals surface area contributed by atoms with Gasteiger partial charge in [0.1, 0.15) is 12.0 Å². The van der Waals surface area contributed by atoms with Gasteiger partial charge in [-0.05, 0) is 35.8 Å². The number of rotatable bonds is 9. The van der Waals surface area contributed by atoms with Crippen molar-refractivity contribution in [2.75, 3.05) is 0 Å². The lowest BCUT2D eigenvalue weighted by molar-refractivity contribution is -0.150. The Hall–Kier alpha value is -2.37. The van der Waals surface area contributed by atoms with Crippen molar-refractivity contribution in [2.45, 2.75) is 52.5 Å². The summed E-state index contributed by atoms with van der Waals surface area (Å²) in [6, 6.07) is 6.35. The number of hydrogen-bond acceptors (Lipinski definition) is 3. The molecule has 2 unspecified atom stereocenters. The first-order valence-corrected chi connectivity index (χ1v) is 8.46. The first kappa shape index (κ1) is 20.7. The highest BCUT2D eigenvalue weighted by molar-refractivity contribution is 5.98. The first-order chi connectivity index (χ1) is 11.6. The molecule has 0 radical (unpaired) electrons. The van der Waals surface area contributed by atoms with Crippen LogP contribution in [-0.4, -0.2) is 34.1 Å². The van der Waals surface area contributed by atoms with Gasteiger partial charge in [-0.1, -0.05) is 52.0 Å². The lowest BCUT2D eigenvalue weighted by Gasteiger charge is -2.19. The second kappa shape index (κ2) is 9.20. The number of carbonyl (C=O) groups excluding carboxylic acids is 1. The van der Waals surface area contributed by atoms with Crippen LogP contribution in [0.25, 0.3) is 0 Å². The van der Waals surface area contributed by atoms with Crippen LogP contribution in [0.4, 0.5) is 0 Å². The Morgan fingerprint density at radius 1 is 0.960 bits per heavy atom. The Bertz CT molecular complexity index is 607. The quantitative estimate of drug-likeness (QED) is 0.595. The minimum absolute atomic E-state index is 0.0214. The van der Waals surface area contributed by atoms with Crippen molar-refractivity contribution in [2.24, 2.45) is 11.8 Å². The average molecular weight is 349 g/mol. The van der Waals surface area contributed by atoms with E-state index in [0.29, 0.717) is 5.92 Å². The second-order valence-electron chi connectivity index (χ2n) is 7.02. The van der Waals surface area contributed by atoms with Crippen LogP contribution >= 0.6 is 0 Å². The van der Waals surface area contributed by atoms with E-state index in [0.717, 1.165) is 11.1 Å². The van der Waals surface area contributed by atoms with Crippen LogP contribution in [0, 0.1) is 11.8 Å². The summed E-state index contributed by atoms with van der Waals surface area (Å²) in [6.45, 7) is 7.80. The number of hydrogen-bond donors (Lipinski definition) is 3. The van der Waals surface area contributed by atoms with E-state index in [1.54, 1.807) is 12.1 Å². The van der Waals surface area contributed by atoms with Crippen molar-refractivity contribution < 1.29 is 24.6 Å². The van der Waals surface area contributed by atoms with Crippen molar-refractivity contribution >= 4 is 17.8 Å². The SMILES string of the molecule is CC(C)CC(NC(=O)C(Cc1ccc(C(C)C)cc1)C(=O)O)C(=O)O. The molecule has 0 aliphatic heterocycles. The van der Waals surface area contributed by atoms with E-state index >= 15 is 0 Å². The Morgan fingerprint density at radius 2 is 1.52 bits per heavy atom. The zero-order chi connectivity index (χ0) is 19.1. The molecule has 0 aromatic heterocycles. The average Bonchev–Trinajstić information content (AvgIpc) is 2.51. The van der Waals surface area contributed by atoms with Gasteiger partial charge in [0.15, 0.2) is 0 Å². The lowest BCUT2D eigenvalue weighted by Crippen LogP contribution is -2.46. The maximum Gasteiger partial charge on any atom is 0.326 e. The first-order valence-electron chi connectivity index (χ1n) is 8.46. The molecule has 0 aliphatic carbocycles. The van der Waals surface area contributed by atoms with Crippen molar-refractivity contribution in [3.05, 3.63) is 35.4 Å². The molecule has 138 valence electrons. The summed E-state index contributed by atoms with van der Waals surface area (Å²) in [6.07, 6.45) is 0.268. The van der Waals surface area contributed by atoms with E-state index in [2.05, 4.69) is 19.2 Å². The molecule has 1 amide bonds. The van der Waals surface area contributed by atoms with Gasteiger partial charge in [-0.3, -0.25) is 9.59 Å². The summed E-state index contributed by atoms with van der Waals surface area (Å²) in [5.41, 5.74) is 1.85. The predicted octanol–water partition coefficient (Wildman–Crippen LogP) is 2.67. The van der Waals surface area contributed by atoms with E-state index in [9.17, 15) is 24.6 Å². The van der Waals surface area contributed by atoms with Gasteiger partial charge in [0.2, 0.25) is 5.91 Å². The maximum atomic E-state index is 12.3. The van der Waals surface area contributed by atoms with Gasteiger partial charge in [-0.25, -0.2) is 4.79 Å². The number of nitrogens with one attached hydrogen (secondary N) is 1. The smallest absolute Gasteiger partial charge is 0.326 e. The maximum absolute atomic E-state index is 12.3. The number of aliphatic carboxylic acids is 2. The summed E-state index contributed by atoms with van der Waals surface area (Å²) in [7, 11) is 0. The molecule has 1 rings (SSSR count). The third-order valence-electron chi connectivity index (χ3n) is 4.02. The fourth-order valence-corrected chi connectivity index (χ4v) is 2.53. The molecule has 25 heavy (non-hydrogen) atoms. The number of carbonyl (C=O) groups is 3. The molecular formula is C19H27NO5. The molecule has 0 heterocycles. The molecule has 1 aromatic rings. The second-order valence-corrected chi connectivity index (χ2v) is 7.02. The fourth-order valence-electron chi connectivity index (χ4n) is 2.53. The molecule has 6 nitrogen and oxygen atoms in total. The van der Waals surface area contributed by atoms with E-state index in [-0.39, 0.29) is 18.8 Å². The normalized spacial score (nSPS) is 13.5. The van der Waals surface area contributed by atoms with Crippen LogP contribution in [0.3, 0.4) is 0 Å². The molecule has 1 aromatic carbocycles. The molecule has 0 bridgehead atoms. The van der Waals surface area contributed by atoms with Gasteiger partial charge < -0.3 is 15.5 Å². The third-order valence-corrected chi connectivity index (χ3v) is 4.02. The van der Waals surface area contributed by atoms with Crippen LogP contribution in [-0.2, 0) is 20.8 Å². The van der Waals surface area contributed by atoms with Gasteiger partial charge in [0.25, 0.3) is 0 Å². The zero-order valence-electron chi connectivity index (χ0n) is 15.2. The molecule has 0 saturated carbocycles. The Balaban J connectivity index is 2.86. The fraction of sp³-hybridized carbons (Fsp3) is 0.526. The van der Waals surface area contributed by atoms with Gasteiger partial charge in [-0.15, -0.1) is 0 Å². The molecule has 2 atom stereocenters. The largest absolute Gasteiger partial charge is 0.481 e. The number of benzene rings is 1. The van der Waals surface area contributed by atoms with Crippen LogP contribution in [0.1, 0.15) is 51.2 Å². The summed E-state index contributed by atoms with van der Waals surface area (Å²) < 4.78 is 0. The molecular weight excluding hydrogens is 322 g/mol. The van der Waals surface area contributed by atoms with Crippen LogP contribution < -0.4 is 5.32 Å². The standard InChI is InChI=1S/C19H27NO5/c1-11(2)9-16(19(24)25)20-17(21)15(18(22)23)10-13-5-7-14(8-6-13)12(3)4/h5-8,11-12,15-16H,9-10H2,1-4H3,(H,20,21)(H,22,23)(H,24,25). The van der Waals surface area contributed by atoms with E-state index < -0.39 is 29.8 Å². The summed E-state index contributed by atoms with van der Waals surface area (Å²) in [4.78, 5) is 35.1. The summed E-state index contributed by atoms with van der Waals surface area (Å²) in [5.74, 6) is -4.09. The molecule has 0 aliphatic rings. The molecule has 0 fully saturated rings. The number of carboxylic acid groups (broad SMARTS) is 2. The van der Waals surface area contributed by atoms with Crippen LogP contribution in [0.5, 0.6) is 0 Å². The summed E-state index contributed by atoms with van der Waals surface area (Å²) >= 11 is 0. The van der Waals surface area contributed by atoms with Crippen molar-refractivity contribution in [3.8, 4) is 0 Å². The van der Waals surface area contributed by atoms with E-state index in [4.69, 9.17) is 0 Å². The summed E-state index contributed by atoms with van der Waals surface area (Å²) in [5, 5.41) is 20.9. The molecule has 0 spiro atoms. The van der Waals surface area contributed by atoms with Gasteiger partial charge in [0.05, 0.1) is 0 Å². The number of amides is 1. The van der Waals surface area contributed by atoms with Gasteiger partial charge >= 0.3 is 11.9 Å². The highest BCUT2D eigenvalue weighted by Crippen LogP contribution is 2.17. The monoisotopic (exact) mass is 349 g/mol. The minimum Gasteiger partial charge on any atom is -0.481 e. The minimum atomic E-state index is -1.32. The van der Waals surface area contributed by atoms with E-state index in [1.807, 2.05) is 26.0 Å². The predicted molar refractivity (Wildman–Crippen MR) is 94.4 cm³/mol. The Kier molecular flexibility index (Phi) is 7.61. The topological polar surface area (TPSA) is 104 Å². The Morgan fingerprint density at radius 3 is 1.92 bits per heavy atom. The highest BCUT2D eigenvalue weighted by atomic mass is 16.4. The number of carboxylic acids is 2. The van der Waals surface area contributed by atoms with Crippen LogP contribution in [0.2, 0.25) is 0 Å². The van der Waals surface area contributed by atoms with E-state index in [1.165, 1.54) is 0 Å². The Labute approximate surface area is 148 Å². The van der Waals surface area contributed by atoms with Crippen molar-refractivity contribution in [1.82, 2.24) is 5.32 Å². The molecule has 3 N–H and O–H groups in total. The zero-order valence-corrected chi connectivity index (χ0v) is 15.2.